The maximum atomic E-state index is 6.18. The van der Waals surface area contributed by atoms with Gasteiger partial charge in [0.2, 0.25) is 0 Å². The third-order valence-electron chi connectivity index (χ3n) is 4.41. The van der Waals surface area contributed by atoms with Gasteiger partial charge in [-0.2, -0.15) is 0 Å². The molecule has 2 saturated heterocycles. The number of piperidine rings is 1. The molecule has 0 radical (unpaired) electrons. The van der Waals surface area contributed by atoms with E-state index in [4.69, 9.17) is 16.3 Å². The van der Waals surface area contributed by atoms with E-state index in [1.54, 1.807) is 7.11 Å². The number of rotatable bonds is 3. The Kier molecular flexibility index (Phi) is 5.56. The van der Waals surface area contributed by atoms with E-state index < -0.39 is 0 Å². The van der Waals surface area contributed by atoms with Gasteiger partial charge in [-0.1, -0.05) is 17.7 Å². The van der Waals surface area contributed by atoms with Crippen LogP contribution in [0.3, 0.4) is 0 Å². The fourth-order valence-corrected chi connectivity index (χ4v) is 3.60. The minimum Gasteiger partial charge on any atom is -0.495 e. The van der Waals surface area contributed by atoms with Crippen LogP contribution < -0.4 is 10.1 Å². The van der Waals surface area contributed by atoms with Crippen molar-refractivity contribution in [1.29, 1.82) is 0 Å². The Labute approximate surface area is 132 Å². The Morgan fingerprint density at radius 3 is 2.90 bits per heavy atom. The minimum atomic E-state index is 0. The van der Waals surface area contributed by atoms with Crippen LogP contribution in [0.1, 0.15) is 12.0 Å². The summed E-state index contributed by atoms with van der Waals surface area (Å²) < 4.78 is 5.19. The van der Waals surface area contributed by atoms with E-state index in [1.807, 2.05) is 12.1 Å². The van der Waals surface area contributed by atoms with E-state index in [0.29, 0.717) is 5.02 Å². The predicted molar refractivity (Wildman–Crippen MR) is 85.0 cm³/mol. The summed E-state index contributed by atoms with van der Waals surface area (Å²) in [6.45, 7) is 5.80. The number of methoxy groups -OCH3 is 1. The monoisotopic (exact) mass is 316 g/mol. The molecule has 0 bridgehead atoms. The van der Waals surface area contributed by atoms with Crippen LogP contribution in [0.25, 0.3) is 0 Å². The molecule has 20 heavy (non-hydrogen) atoms. The lowest BCUT2D eigenvalue weighted by Crippen LogP contribution is -2.39. The van der Waals surface area contributed by atoms with Crippen molar-refractivity contribution in [1.82, 2.24) is 10.2 Å². The Morgan fingerprint density at radius 1 is 1.35 bits per heavy atom. The van der Waals surface area contributed by atoms with Crippen molar-refractivity contribution in [2.45, 2.75) is 13.0 Å². The first-order valence-corrected chi connectivity index (χ1v) is 7.39. The normalized spacial score (nSPS) is 25.9. The number of benzene rings is 1. The lowest BCUT2D eigenvalue weighted by Gasteiger charge is -2.34. The number of nitrogens with one attached hydrogen (secondary N) is 1. The summed E-state index contributed by atoms with van der Waals surface area (Å²) in [4.78, 5) is 2.55. The van der Waals surface area contributed by atoms with Gasteiger partial charge in [-0.15, -0.1) is 12.4 Å². The molecule has 2 aliphatic rings. The molecular weight excluding hydrogens is 295 g/mol. The lowest BCUT2D eigenvalue weighted by atomic mass is 9.88. The van der Waals surface area contributed by atoms with Crippen molar-refractivity contribution in [3.63, 3.8) is 0 Å². The summed E-state index contributed by atoms with van der Waals surface area (Å²) in [7, 11) is 1.65. The van der Waals surface area contributed by atoms with Gasteiger partial charge in [0.15, 0.2) is 0 Å². The molecule has 2 fully saturated rings. The molecule has 0 amide bonds. The van der Waals surface area contributed by atoms with E-state index in [2.05, 4.69) is 16.3 Å². The third kappa shape index (κ3) is 3.40. The first-order chi connectivity index (χ1) is 9.26. The fourth-order valence-electron chi connectivity index (χ4n) is 3.32. The average Bonchev–Trinajstić information content (AvgIpc) is 2.86. The van der Waals surface area contributed by atoms with Gasteiger partial charge in [0, 0.05) is 13.1 Å². The quantitative estimate of drug-likeness (QED) is 0.928. The zero-order chi connectivity index (χ0) is 13.2. The highest BCUT2D eigenvalue weighted by Gasteiger charge is 2.32. The molecule has 1 aromatic carbocycles. The zero-order valence-electron chi connectivity index (χ0n) is 11.8. The van der Waals surface area contributed by atoms with Crippen LogP contribution in [0.2, 0.25) is 5.02 Å². The number of likely N-dealkylation sites (tertiary alicyclic amines) is 1. The van der Waals surface area contributed by atoms with Gasteiger partial charge in [0.05, 0.1) is 12.1 Å². The zero-order valence-corrected chi connectivity index (χ0v) is 13.3. The molecule has 3 rings (SSSR count). The van der Waals surface area contributed by atoms with E-state index in [1.165, 1.54) is 38.2 Å². The van der Waals surface area contributed by atoms with Gasteiger partial charge in [-0.05, 0) is 55.6 Å². The molecule has 0 aromatic heterocycles. The highest BCUT2D eigenvalue weighted by Crippen LogP contribution is 2.29. The Bertz CT molecular complexity index is 455. The molecule has 2 aliphatic heterocycles. The molecule has 2 atom stereocenters. The number of ether oxygens (including phenoxy) is 1. The number of hydrogen-bond acceptors (Lipinski definition) is 3. The topological polar surface area (TPSA) is 24.5 Å². The Morgan fingerprint density at radius 2 is 2.15 bits per heavy atom. The summed E-state index contributed by atoms with van der Waals surface area (Å²) in [6.07, 6.45) is 1.32. The highest BCUT2D eigenvalue weighted by molar-refractivity contribution is 6.32. The van der Waals surface area contributed by atoms with Crippen molar-refractivity contribution in [3.8, 4) is 5.75 Å². The summed E-state index contributed by atoms with van der Waals surface area (Å²) in [5.74, 6) is 2.49. The standard InChI is InChI=1S/C15H21ClN2O.ClH/c1-19-15-3-2-11(6-14(15)16)9-18-5-4-12-7-17-8-13(12)10-18;/h2-3,6,12-13,17H,4-5,7-10H2,1H3;1H. The maximum Gasteiger partial charge on any atom is 0.137 e. The summed E-state index contributed by atoms with van der Waals surface area (Å²) in [5, 5.41) is 4.21. The molecule has 3 nitrogen and oxygen atoms in total. The Balaban J connectivity index is 0.00000147. The van der Waals surface area contributed by atoms with Crippen LogP contribution in [0, 0.1) is 11.8 Å². The average molecular weight is 317 g/mol. The number of hydrogen-bond donors (Lipinski definition) is 1. The van der Waals surface area contributed by atoms with Crippen molar-refractivity contribution in [3.05, 3.63) is 28.8 Å². The van der Waals surface area contributed by atoms with E-state index in [-0.39, 0.29) is 12.4 Å². The van der Waals surface area contributed by atoms with Crippen molar-refractivity contribution in [2.24, 2.45) is 11.8 Å². The molecule has 5 heteroatoms. The number of nitrogens with zero attached hydrogens (tertiary/aromatic N) is 1. The maximum absolute atomic E-state index is 6.18. The molecule has 1 N–H and O–H groups in total. The van der Waals surface area contributed by atoms with Gasteiger partial charge >= 0.3 is 0 Å². The van der Waals surface area contributed by atoms with Crippen molar-refractivity contribution < 1.29 is 4.74 Å². The summed E-state index contributed by atoms with van der Waals surface area (Å²) in [5.41, 5.74) is 1.27. The van der Waals surface area contributed by atoms with E-state index in [9.17, 15) is 0 Å². The minimum absolute atomic E-state index is 0. The van der Waals surface area contributed by atoms with Crippen LogP contribution in [0.15, 0.2) is 18.2 Å². The SMILES string of the molecule is COc1ccc(CN2CCC3CNCC3C2)cc1Cl.Cl. The second-order valence-electron chi connectivity index (χ2n) is 5.67. The summed E-state index contributed by atoms with van der Waals surface area (Å²) >= 11 is 6.18. The molecule has 2 heterocycles. The molecule has 0 spiro atoms. The molecule has 0 saturated carbocycles. The van der Waals surface area contributed by atoms with Crippen molar-refractivity contribution >= 4 is 24.0 Å². The highest BCUT2D eigenvalue weighted by atomic mass is 35.5. The third-order valence-corrected chi connectivity index (χ3v) is 4.71. The van der Waals surface area contributed by atoms with Crippen LogP contribution in [0.5, 0.6) is 5.75 Å². The Hall–Kier alpha value is -0.480. The van der Waals surface area contributed by atoms with Crippen LogP contribution in [0.4, 0.5) is 0 Å². The van der Waals surface area contributed by atoms with Crippen LogP contribution >= 0.6 is 24.0 Å². The molecular formula is C15H22Cl2N2O. The molecule has 0 aliphatic carbocycles. The molecule has 112 valence electrons. The van der Waals surface area contributed by atoms with Gasteiger partial charge in [-0.25, -0.2) is 0 Å². The molecule has 1 aromatic rings. The van der Waals surface area contributed by atoms with E-state index >= 15 is 0 Å². The number of halogens is 2. The predicted octanol–water partition coefficient (Wildman–Crippen LogP) is 2.81. The fraction of sp³-hybridized carbons (Fsp3) is 0.600. The number of fused-ring (bicyclic) bond motifs is 1. The van der Waals surface area contributed by atoms with Crippen LogP contribution in [-0.4, -0.2) is 38.2 Å². The van der Waals surface area contributed by atoms with Gasteiger partial charge in [-0.3, -0.25) is 4.90 Å². The van der Waals surface area contributed by atoms with Crippen LogP contribution in [-0.2, 0) is 6.54 Å². The van der Waals surface area contributed by atoms with Gasteiger partial charge < -0.3 is 10.1 Å². The first kappa shape index (κ1) is 15.9. The largest absolute Gasteiger partial charge is 0.495 e. The van der Waals surface area contributed by atoms with Gasteiger partial charge in [0.25, 0.3) is 0 Å². The smallest absolute Gasteiger partial charge is 0.137 e. The second kappa shape index (κ2) is 6.99. The van der Waals surface area contributed by atoms with Gasteiger partial charge in [0.1, 0.15) is 5.75 Å². The first-order valence-electron chi connectivity index (χ1n) is 7.02. The molecule has 2 unspecified atom stereocenters. The summed E-state index contributed by atoms with van der Waals surface area (Å²) in [6, 6.07) is 6.10. The second-order valence-corrected chi connectivity index (χ2v) is 6.08. The van der Waals surface area contributed by atoms with E-state index in [0.717, 1.165) is 24.1 Å². The lowest BCUT2D eigenvalue weighted by molar-refractivity contribution is 0.142. The van der Waals surface area contributed by atoms with Crippen molar-refractivity contribution in [2.75, 3.05) is 33.3 Å².